The normalized spacial score (nSPS) is 13.9. The van der Waals surface area contributed by atoms with E-state index in [4.69, 9.17) is 5.53 Å². The number of hydrogen-bond donors (Lipinski definition) is 2. The van der Waals surface area contributed by atoms with E-state index < -0.39 is 12.2 Å². The van der Waals surface area contributed by atoms with Crippen LogP contribution in [0.25, 0.3) is 10.4 Å². The van der Waals surface area contributed by atoms with Crippen LogP contribution in [0.1, 0.15) is 18.1 Å². The predicted molar refractivity (Wildman–Crippen MR) is 63.7 cm³/mol. The van der Waals surface area contributed by atoms with E-state index in [1.54, 1.807) is 18.2 Å². The van der Waals surface area contributed by atoms with Crippen molar-refractivity contribution in [2.75, 3.05) is 6.54 Å². The molecule has 0 aliphatic carbocycles. The average Bonchev–Trinajstić information content (AvgIpc) is 2.28. The molecule has 2 atom stereocenters. The summed E-state index contributed by atoms with van der Waals surface area (Å²) in [6.07, 6.45) is -1.66. The fourth-order valence-corrected chi connectivity index (χ4v) is 1.72. The fraction of sp³-hybridized carbons (Fsp3) is 0.400. The summed E-state index contributed by atoms with van der Waals surface area (Å²) < 4.78 is 0.839. The maximum absolute atomic E-state index is 9.81. The van der Waals surface area contributed by atoms with E-state index in [0.717, 1.165) is 4.47 Å². The van der Waals surface area contributed by atoms with Crippen LogP contribution in [0.4, 0.5) is 0 Å². The zero-order chi connectivity index (χ0) is 12.0. The third-order valence-corrected chi connectivity index (χ3v) is 2.64. The molecule has 0 aliphatic rings. The second-order valence-corrected chi connectivity index (χ2v) is 4.23. The Labute approximate surface area is 101 Å². The Balaban J connectivity index is 2.62. The van der Waals surface area contributed by atoms with E-state index in [2.05, 4.69) is 26.0 Å². The van der Waals surface area contributed by atoms with Crippen molar-refractivity contribution >= 4 is 15.9 Å². The molecule has 86 valence electrons. The molecule has 6 heteroatoms. The van der Waals surface area contributed by atoms with Crippen molar-refractivity contribution in [3.05, 3.63) is 44.7 Å². The van der Waals surface area contributed by atoms with Gasteiger partial charge in [-0.2, -0.15) is 0 Å². The SMILES string of the molecule is [N-]=[N+]=NCCC(O)C(O)c1cccc(Br)c1. The summed E-state index contributed by atoms with van der Waals surface area (Å²) in [6.45, 7) is 0.169. The molecule has 1 aromatic rings. The average molecular weight is 286 g/mol. The molecule has 0 heterocycles. The molecule has 0 bridgehead atoms. The van der Waals surface area contributed by atoms with E-state index in [9.17, 15) is 10.2 Å². The quantitative estimate of drug-likeness (QED) is 0.495. The highest BCUT2D eigenvalue weighted by atomic mass is 79.9. The Morgan fingerprint density at radius 2 is 2.19 bits per heavy atom. The van der Waals surface area contributed by atoms with Gasteiger partial charge in [-0.25, -0.2) is 0 Å². The molecule has 0 aromatic heterocycles. The number of aliphatic hydroxyl groups excluding tert-OH is 2. The first-order chi connectivity index (χ1) is 7.65. The van der Waals surface area contributed by atoms with Gasteiger partial charge in [0.25, 0.3) is 0 Å². The molecule has 2 unspecified atom stereocenters. The Bertz CT molecular complexity index is 393. The maximum atomic E-state index is 9.81. The number of nitrogens with zero attached hydrogens (tertiary/aromatic N) is 3. The summed E-state index contributed by atoms with van der Waals surface area (Å²) in [5.41, 5.74) is 8.71. The second kappa shape index (κ2) is 6.50. The van der Waals surface area contributed by atoms with Crippen molar-refractivity contribution in [2.45, 2.75) is 18.6 Å². The van der Waals surface area contributed by atoms with Crippen LogP contribution in [-0.4, -0.2) is 22.9 Å². The largest absolute Gasteiger partial charge is 0.390 e. The third kappa shape index (κ3) is 3.83. The summed E-state index contributed by atoms with van der Waals surface area (Å²) in [7, 11) is 0. The highest BCUT2D eigenvalue weighted by Crippen LogP contribution is 2.22. The monoisotopic (exact) mass is 285 g/mol. The van der Waals surface area contributed by atoms with Gasteiger partial charge >= 0.3 is 0 Å². The van der Waals surface area contributed by atoms with Crippen LogP contribution in [0.2, 0.25) is 0 Å². The zero-order valence-corrected chi connectivity index (χ0v) is 10.1. The number of rotatable bonds is 5. The molecule has 16 heavy (non-hydrogen) atoms. The number of aliphatic hydroxyl groups is 2. The lowest BCUT2D eigenvalue weighted by molar-refractivity contribution is 0.0150. The summed E-state index contributed by atoms with van der Waals surface area (Å²) >= 11 is 3.28. The van der Waals surface area contributed by atoms with Gasteiger partial charge in [-0.15, -0.1) is 0 Å². The number of azide groups is 1. The summed E-state index contributed by atoms with van der Waals surface area (Å²) in [5, 5.41) is 22.8. The smallest absolute Gasteiger partial charge is 0.105 e. The van der Waals surface area contributed by atoms with E-state index in [1.165, 1.54) is 0 Å². The highest BCUT2D eigenvalue weighted by molar-refractivity contribution is 9.10. The molecule has 0 spiro atoms. The van der Waals surface area contributed by atoms with E-state index in [0.29, 0.717) is 5.56 Å². The molecule has 2 N–H and O–H groups in total. The van der Waals surface area contributed by atoms with Crippen molar-refractivity contribution in [3.63, 3.8) is 0 Å². The first kappa shape index (κ1) is 13.0. The van der Waals surface area contributed by atoms with Gasteiger partial charge in [-0.05, 0) is 29.6 Å². The number of halogens is 1. The van der Waals surface area contributed by atoms with Gasteiger partial charge in [-0.1, -0.05) is 33.2 Å². The number of hydrogen-bond acceptors (Lipinski definition) is 3. The van der Waals surface area contributed by atoms with Crippen molar-refractivity contribution in [3.8, 4) is 0 Å². The van der Waals surface area contributed by atoms with Crippen LogP contribution in [0, 0.1) is 0 Å². The van der Waals surface area contributed by atoms with Crippen LogP contribution in [0.15, 0.2) is 33.9 Å². The van der Waals surface area contributed by atoms with Crippen LogP contribution in [0.5, 0.6) is 0 Å². The second-order valence-electron chi connectivity index (χ2n) is 3.31. The summed E-state index contributed by atoms with van der Waals surface area (Å²) in [4.78, 5) is 2.58. The standard InChI is InChI=1S/C10H12BrN3O2/c11-8-3-1-2-7(6-8)10(16)9(15)4-5-13-14-12/h1-3,6,9-10,15-16H,4-5H2. The first-order valence-electron chi connectivity index (χ1n) is 4.77. The van der Waals surface area contributed by atoms with E-state index in [-0.39, 0.29) is 13.0 Å². The molecular formula is C10H12BrN3O2. The Kier molecular flexibility index (Phi) is 5.28. The topological polar surface area (TPSA) is 89.2 Å². The molecule has 0 saturated heterocycles. The highest BCUT2D eigenvalue weighted by Gasteiger charge is 2.17. The molecule has 5 nitrogen and oxygen atoms in total. The lowest BCUT2D eigenvalue weighted by Crippen LogP contribution is -2.19. The Morgan fingerprint density at radius 1 is 1.44 bits per heavy atom. The van der Waals surface area contributed by atoms with Gasteiger partial charge in [-0.3, -0.25) is 0 Å². The van der Waals surface area contributed by atoms with Crippen molar-refractivity contribution in [1.82, 2.24) is 0 Å². The minimum atomic E-state index is -0.966. The van der Waals surface area contributed by atoms with Crippen LogP contribution >= 0.6 is 15.9 Å². The Hall–Kier alpha value is -1.07. The van der Waals surface area contributed by atoms with Gasteiger partial charge in [0, 0.05) is 15.9 Å². The van der Waals surface area contributed by atoms with Gasteiger partial charge < -0.3 is 10.2 Å². The Morgan fingerprint density at radius 3 is 2.81 bits per heavy atom. The van der Waals surface area contributed by atoms with Crippen molar-refractivity contribution in [2.24, 2.45) is 5.11 Å². The molecule has 0 saturated carbocycles. The minimum Gasteiger partial charge on any atom is -0.390 e. The minimum absolute atomic E-state index is 0.169. The lowest BCUT2D eigenvalue weighted by Gasteiger charge is -2.17. The predicted octanol–water partition coefficient (Wildman–Crippen LogP) is 2.54. The van der Waals surface area contributed by atoms with Gasteiger partial charge in [0.15, 0.2) is 0 Å². The van der Waals surface area contributed by atoms with Crippen LogP contribution < -0.4 is 0 Å². The maximum Gasteiger partial charge on any atom is 0.105 e. The van der Waals surface area contributed by atoms with E-state index >= 15 is 0 Å². The van der Waals surface area contributed by atoms with Crippen LogP contribution in [0.3, 0.4) is 0 Å². The zero-order valence-electron chi connectivity index (χ0n) is 8.49. The molecule has 1 rings (SSSR count). The molecule has 0 aliphatic heterocycles. The van der Waals surface area contributed by atoms with Crippen LogP contribution in [-0.2, 0) is 0 Å². The first-order valence-corrected chi connectivity index (χ1v) is 5.57. The van der Waals surface area contributed by atoms with E-state index in [1.807, 2.05) is 6.07 Å². The summed E-state index contributed by atoms with van der Waals surface area (Å²) in [6, 6.07) is 7.08. The third-order valence-electron chi connectivity index (χ3n) is 2.14. The number of benzene rings is 1. The lowest BCUT2D eigenvalue weighted by atomic mass is 10.0. The summed E-state index contributed by atoms with van der Waals surface area (Å²) in [5.74, 6) is 0. The molecule has 1 aromatic carbocycles. The molecule has 0 fully saturated rings. The van der Waals surface area contributed by atoms with Crippen molar-refractivity contribution < 1.29 is 10.2 Å². The van der Waals surface area contributed by atoms with Gasteiger partial charge in [0.1, 0.15) is 6.10 Å². The fourth-order valence-electron chi connectivity index (χ4n) is 1.31. The molecular weight excluding hydrogens is 274 g/mol. The van der Waals surface area contributed by atoms with Crippen molar-refractivity contribution in [1.29, 1.82) is 0 Å². The van der Waals surface area contributed by atoms with Gasteiger partial charge in [0.2, 0.25) is 0 Å². The van der Waals surface area contributed by atoms with Gasteiger partial charge in [0.05, 0.1) is 6.10 Å². The molecule has 0 amide bonds. The molecule has 0 radical (unpaired) electrons.